The van der Waals surface area contributed by atoms with Gasteiger partial charge in [0.05, 0.1) is 0 Å². The first-order chi connectivity index (χ1) is 8.36. The van der Waals surface area contributed by atoms with Crippen LogP contribution in [0.5, 0.6) is 0 Å². The highest BCUT2D eigenvalue weighted by molar-refractivity contribution is 7.09. The maximum atomic E-state index is 3.60. The van der Waals surface area contributed by atoms with Crippen LogP contribution in [0.1, 0.15) is 30.6 Å². The van der Waals surface area contributed by atoms with E-state index < -0.39 is 0 Å². The van der Waals surface area contributed by atoms with Crippen LogP contribution in [0.15, 0.2) is 17.5 Å². The molecule has 1 spiro atoms. The number of likely N-dealkylation sites (tertiary alicyclic amines) is 1. The van der Waals surface area contributed by atoms with Gasteiger partial charge in [0.1, 0.15) is 0 Å². The average Bonchev–Trinajstić information content (AvgIpc) is 2.83. The Morgan fingerprint density at radius 2 is 2.29 bits per heavy atom. The van der Waals surface area contributed by atoms with Crippen LogP contribution in [0.4, 0.5) is 0 Å². The molecular weight excluding hydrogens is 228 g/mol. The first kappa shape index (κ1) is 11.7. The topological polar surface area (TPSA) is 15.3 Å². The summed E-state index contributed by atoms with van der Waals surface area (Å²) < 4.78 is 0. The van der Waals surface area contributed by atoms with Crippen LogP contribution in [0, 0.1) is 5.41 Å². The normalized spacial score (nSPS) is 30.8. The molecule has 1 unspecified atom stereocenters. The van der Waals surface area contributed by atoms with Crippen LogP contribution < -0.4 is 5.32 Å². The monoisotopic (exact) mass is 250 g/mol. The van der Waals surface area contributed by atoms with E-state index >= 15 is 0 Å². The second-order valence-electron chi connectivity index (χ2n) is 5.67. The van der Waals surface area contributed by atoms with E-state index in [9.17, 15) is 0 Å². The van der Waals surface area contributed by atoms with Crippen molar-refractivity contribution in [2.24, 2.45) is 5.41 Å². The van der Waals surface area contributed by atoms with Crippen molar-refractivity contribution < 1.29 is 0 Å². The van der Waals surface area contributed by atoms with Crippen molar-refractivity contribution in [2.75, 3.05) is 26.2 Å². The number of nitrogens with zero attached hydrogens (tertiary/aromatic N) is 1. The molecule has 1 atom stereocenters. The van der Waals surface area contributed by atoms with Crippen LogP contribution in [0.25, 0.3) is 0 Å². The van der Waals surface area contributed by atoms with Gasteiger partial charge in [0.25, 0.3) is 0 Å². The maximum Gasteiger partial charge on any atom is 0.0328 e. The van der Waals surface area contributed by atoms with Crippen molar-refractivity contribution in [1.29, 1.82) is 0 Å². The Kier molecular flexibility index (Phi) is 3.50. The third-order valence-corrected chi connectivity index (χ3v) is 5.12. The standard InChI is InChI=1S/C14H22N2S/c1-4-13(17-9-1)10-16-8-3-6-14(12-16)5-2-7-15-11-14/h1,4,9,15H,2-3,5-8,10-12H2. The zero-order chi connectivity index (χ0) is 11.6. The minimum atomic E-state index is 0.591. The lowest BCUT2D eigenvalue weighted by Crippen LogP contribution is -2.50. The third-order valence-electron chi connectivity index (χ3n) is 4.26. The molecule has 2 aliphatic heterocycles. The van der Waals surface area contributed by atoms with Crippen molar-refractivity contribution in [2.45, 2.75) is 32.2 Å². The summed E-state index contributed by atoms with van der Waals surface area (Å²) in [6.07, 6.45) is 5.61. The molecular formula is C14H22N2S. The van der Waals surface area contributed by atoms with Crippen LogP contribution in [0.3, 0.4) is 0 Å². The summed E-state index contributed by atoms with van der Waals surface area (Å²) in [5, 5.41) is 5.79. The molecule has 2 fully saturated rings. The van der Waals surface area contributed by atoms with Crippen molar-refractivity contribution in [3.63, 3.8) is 0 Å². The van der Waals surface area contributed by atoms with Gasteiger partial charge < -0.3 is 5.32 Å². The summed E-state index contributed by atoms with van der Waals surface area (Å²) >= 11 is 1.89. The Labute approximate surface area is 108 Å². The highest BCUT2D eigenvalue weighted by Crippen LogP contribution is 2.36. The number of piperidine rings is 2. The van der Waals surface area contributed by atoms with Gasteiger partial charge in [-0.15, -0.1) is 11.3 Å². The zero-order valence-corrected chi connectivity index (χ0v) is 11.3. The Bertz CT molecular complexity index is 336. The van der Waals surface area contributed by atoms with Gasteiger partial charge in [-0.25, -0.2) is 0 Å². The van der Waals surface area contributed by atoms with Gasteiger partial charge in [-0.05, 0) is 55.6 Å². The van der Waals surface area contributed by atoms with E-state index in [-0.39, 0.29) is 0 Å². The number of hydrogen-bond donors (Lipinski definition) is 1. The Morgan fingerprint density at radius 3 is 3.06 bits per heavy atom. The van der Waals surface area contributed by atoms with E-state index in [0.29, 0.717) is 5.41 Å². The predicted octanol–water partition coefficient (Wildman–Crippen LogP) is 2.71. The lowest BCUT2D eigenvalue weighted by molar-refractivity contribution is 0.0607. The highest BCUT2D eigenvalue weighted by Gasteiger charge is 2.36. The smallest absolute Gasteiger partial charge is 0.0328 e. The summed E-state index contributed by atoms with van der Waals surface area (Å²) in [4.78, 5) is 4.19. The molecule has 1 N–H and O–H groups in total. The molecule has 0 aromatic carbocycles. The fourth-order valence-corrected chi connectivity index (χ4v) is 4.19. The number of hydrogen-bond acceptors (Lipinski definition) is 3. The predicted molar refractivity (Wildman–Crippen MR) is 73.4 cm³/mol. The van der Waals surface area contributed by atoms with E-state index in [0.717, 1.165) is 0 Å². The van der Waals surface area contributed by atoms with Crippen molar-refractivity contribution in [3.8, 4) is 0 Å². The first-order valence-electron chi connectivity index (χ1n) is 6.82. The summed E-state index contributed by atoms with van der Waals surface area (Å²) in [6.45, 7) is 6.23. The summed E-state index contributed by atoms with van der Waals surface area (Å²) in [6, 6.07) is 4.44. The maximum absolute atomic E-state index is 3.60. The molecule has 0 saturated carbocycles. The summed E-state index contributed by atoms with van der Waals surface area (Å²) in [5.74, 6) is 0. The average molecular weight is 250 g/mol. The van der Waals surface area contributed by atoms with E-state index in [1.165, 1.54) is 63.3 Å². The Morgan fingerprint density at radius 1 is 1.35 bits per heavy atom. The van der Waals surface area contributed by atoms with Crippen LogP contribution in [-0.2, 0) is 6.54 Å². The molecule has 3 heteroatoms. The molecule has 1 aromatic heterocycles. The SMILES string of the molecule is c1csc(CN2CCCC3(CCCNC3)C2)c1. The molecule has 2 saturated heterocycles. The lowest BCUT2D eigenvalue weighted by atomic mass is 9.74. The van der Waals surface area contributed by atoms with Crippen LogP contribution >= 0.6 is 11.3 Å². The zero-order valence-electron chi connectivity index (χ0n) is 10.5. The first-order valence-corrected chi connectivity index (χ1v) is 7.70. The number of thiophene rings is 1. The van der Waals surface area contributed by atoms with E-state index in [4.69, 9.17) is 0 Å². The van der Waals surface area contributed by atoms with Gasteiger partial charge in [-0.3, -0.25) is 4.90 Å². The van der Waals surface area contributed by atoms with Gasteiger partial charge in [-0.2, -0.15) is 0 Å². The van der Waals surface area contributed by atoms with E-state index in [1.54, 1.807) is 0 Å². The van der Waals surface area contributed by atoms with Gasteiger partial charge in [0.2, 0.25) is 0 Å². The molecule has 0 aliphatic carbocycles. The second kappa shape index (κ2) is 5.09. The molecule has 3 rings (SSSR count). The van der Waals surface area contributed by atoms with E-state index in [2.05, 4.69) is 27.7 Å². The molecule has 0 amide bonds. The van der Waals surface area contributed by atoms with Crippen molar-refractivity contribution >= 4 is 11.3 Å². The lowest BCUT2D eigenvalue weighted by Gasteiger charge is -2.45. The molecule has 3 heterocycles. The summed E-state index contributed by atoms with van der Waals surface area (Å²) in [5.41, 5.74) is 0.591. The third kappa shape index (κ3) is 2.72. The molecule has 17 heavy (non-hydrogen) atoms. The van der Waals surface area contributed by atoms with Crippen LogP contribution in [0.2, 0.25) is 0 Å². The Hall–Kier alpha value is -0.380. The fraction of sp³-hybridized carbons (Fsp3) is 0.714. The van der Waals surface area contributed by atoms with E-state index in [1.807, 2.05) is 11.3 Å². The molecule has 0 bridgehead atoms. The largest absolute Gasteiger partial charge is 0.316 e. The summed E-state index contributed by atoms with van der Waals surface area (Å²) in [7, 11) is 0. The van der Waals surface area contributed by atoms with Crippen molar-refractivity contribution in [3.05, 3.63) is 22.4 Å². The quantitative estimate of drug-likeness (QED) is 0.868. The minimum Gasteiger partial charge on any atom is -0.316 e. The molecule has 2 aliphatic rings. The Balaban J connectivity index is 1.62. The van der Waals surface area contributed by atoms with Gasteiger partial charge in [0.15, 0.2) is 0 Å². The molecule has 94 valence electrons. The molecule has 2 nitrogen and oxygen atoms in total. The van der Waals surface area contributed by atoms with Crippen LogP contribution in [-0.4, -0.2) is 31.1 Å². The minimum absolute atomic E-state index is 0.591. The molecule has 0 radical (unpaired) electrons. The fourth-order valence-electron chi connectivity index (χ4n) is 3.45. The van der Waals surface area contributed by atoms with Gasteiger partial charge >= 0.3 is 0 Å². The highest BCUT2D eigenvalue weighted by atomic mass is 32.1. The van der Waals surface area contributed by atoms with Crippen molar-refractivity contribution in [1.82, 2.24) is 10.2 Å². The molecule has 1 aromatic rings. The second-order valence-corrected chi connectivity index (χ2v) is 6.71. The van der Waals surface area contributed by atoms with Gasteiger partial charge in [0, 0.05) is 24.5 Å². The van der Waals surface area contributed by atoms with Gasteiger partial charge in [-0.1, -0.05) is 6.07 Å². The number of nitrogens with one attached hydrogen (secondary N) is 1. The number of rotatable bonds is 2.